The lowest BCUT2D eigenvalue weighted by atomic mass is 9.91. The van der Waals surface area contributed by atoms with E-state index >= 15 is 14.4 Å². The summed E-state index contributed by atoms with van der Waals surface area (Å²) in [5.41, 5.74) is 0. The number of nitrogens with zero attached hydrogens (tertiary/aromatic N) is 7. The average Bonchev–Trinajstić information content (AvgIpc) is 1.38. The van der Waals surface area contributed by atoms with E-state index in [1.807, 2.05) is 41.5 Å². The third kappa shape index (κ3) is 22.6. The van der Waals surface area contributed by atoms with Crippen molar-refractivity contribution in [1.82, 2.24) is 55.6 Å². The lowest BCUT2D eigenvalue weighted by Crippen LogP contribution is -2.64. The van der Waals surface area contributed by atoms with E-state index in [0.29, 0.717) is 12.8 Å². The van der Waals surface area contributed by atoms with Crippen molar-refractivity contribution in [3.05, 3.63) is 12.2 Å². The van der Waals surface area contributed by atoms with E-state index in [9.17, 15) is 48.6 Å². The van der Waals surface area contributed by atoms with Gasteiger partial charge in [0.2, 0.25) is 65.0 Å². The van der Waals surface area contributed by atoms with Crippen LogP contribution in [0.1, 0.15) is 163 Å². The van der Waals surface area contributed by atoms with Crippen molar-refractivity contribution >= 4 is 65.0 Å². The van der Waals surface area contributed by atoms with Crippen LogP contribution in [0.4, 0.5) is 0 Å². The number of nitrogens with one attached hydrogen (secondary N) is 4. The molecule has 0 bridgehead atoms. The Morgan fingerprint density at radius 1 is 0.478 bits per heavy atom. The first kappa shape index (κ1) is 81.8. The van der Waals surface area contributed by atoms with Crippen LogP contribution in [0, 0.1) is 35.5 Å². The van der Waals surface area contributed by atoms with Crippen LogP contribution in [-0.2, 0) is 57.5 Å². The Morgan fingerprint density at radius 3 is 1.41 bits per heavy atom. The fraction of sp³-hybridized carbons (Fsp3) is 0.800. The molecule has 1 fully saturated rings. The first-order valence-electron chi connectivity index (χ1n) is 32.3. The van der Waals surface area contributed by atoms with Gasteiger partial charge in [-0.05, 0) is 115 Å². The first-order valence-corrected chi connectivity index (χ1v) is 32.3. The molecule has 25 nitrogen and oxygen atoms in total. The predicted molar refractivity (Wildman–Crippen MR) is 345 cm³/mol. The second-order valence-electron chi connectivity index (χ2n) is 26.8. The number of aliphatic hydroxyl groups excluding tert-OH is 2. The normalized spacial score (nSPS) is 27.2. The third-order valence-electron chi connectivity index (χ3n) is 17.2. The largest absolute Gasteiger partial charge is 0.396 e. The Balaban J connectivity index is 4.44. The molecule has 1 aliphatic heterocycles. The molecular formula is C65H117N11O14. The fourth-order valence-corrected chi connectivity index (χ4v) is 11.3. The van der Waals surface area contributed by atoms with Crippen LogP contribution in [-0.4, -0.2) is 251 Å². The lowest BCUT2D eigenvalue weighted by Gasteiger charge is -2.41. The Bertz CT molecular complexity index is 2440. The maximum absolute atomic E-state index is 15.2. The van der Waals surface area contributed by atoms with Crippen LogP contribution in [0.2, 0.25) is 0 Å². The Morgan fingerprint density at radius 2 is 0.933 bits per heavy atom. The molecule has 0 aromatic heterocycles. The molecule has 0 radical (unpaired) electrons. The SMILES string of the molecule is C/C=C/C[C@@H](C)[C@@H](O)[C@H]1C(=O)N[C@@H](CC)C(=O)N(C)[C@H](C)C(=O)N(C)[C@@H]([C@@H](C)OCCCCO)C(=O)N[C@@H](C(C)C)C(=O)N(C)[C@H](CC(C)C)C(=O)N[C@@H](C)C(=O)N[C@@H](C)C(=O)N(C)[C@@H](CC(C)C)C(=O)N(C)[C@H](CC(C)C)C(=O)N(C)[C@@H](C(C)C)C(=O)N1C. The number of carbonyl (C=O) groups is 11. The number of likely N-dealkylation sites (N-methyl/N-ethyl adjacent to an activating group) is 7. The Hall–Kier alpha value is -6.21. The van der Waals surface area contributed by atoms with Crippen molar-refractivity contribution in [3.63, 3.8) is 0 Å². The van der Waals surface area contributed by atoms with Crippen LogP contribution >= 0.6 is 0 Å². The second-order valence-corrected chi connectivity index (χ2v) is 26.8. The summed E-state index contributed by atoms with van der Waals surface area (Å²) in [6.07, 6.45) is 2.46. The molecule has 0 aromatic rings. The molecule has 0 unspecified atom stereocenters. The molecule has 25 heteroatoms. The number of hydrogen-bond donors (Lipinski definition) is 6. The van der Waals surface area contributed by atoms with Gasteiger partial charge >= 0.3 is 0 Å². The maximum Gasteiger partial charge on any atom is 0.246 e. The van der Waals surface area contributed by atoms with Gasteiger partial charge in [0, 0.05) is 62.5 Å². The van der Waals surface area contributed by atoms with Gasteiger partial charge in [0.25, 0.3) is 0 Å². The summed E-state index contributed by atoms with van der Waals surface area (Å²) in [5.74, 6) is -10.3. The highest BCUT2D eigenvalue weighted by Crippen LogP contribution is 2.26. The summed E-state index contributed by atoms with van der Waals surface area (Å²) in [6.45, 7) is 28.9. The van der Waals surface area contributed by atoms with Gasteiger partial charge in [-0.15, -0.1) is 0 Å². The van der Waals surface area contributed by atoms with Crippen molar-refractivity contribution < 1.29 is 67.7 Å². The van der Waals surface area contributed by atoms with Gasteiger partial charge in [0.05, 0.1) is 12.2 Å². The quantitative estimate of drug-likeness (QED) is 0.0801. The van der Waals surface area contributed by atoms with E-state index in [0.717, 1.165) is 14.7 Å². The van der Waals surface area contributed by atoms with Gasteiger partial charge < -0.3 is 70.5 Å². The molecule has 1 saturated heterocycles. The van der Waals surface area contributed by atoms with Gasteiger partial charge in [-0.2, -0.15) is 0 Å². The number of rotatable bonds is 19. The predicted octanol–water partition coefficient (Wildman–Crippen LogP) is 2.79. The van der Waals surface area contributed by atoms with E-state index in [-0.39, 0.29) is 63.1 Å². The molecule has 1 rings (SSSR count). The summed E-state index contributed by atoms with van der Waals surface area (Å²) in [6, 6.07) is -14.3. The lowest BCUT2D eigenvalue weighted by molar-refractivity contribution is -0.157. The zero-order valence-electron chi connectivity index (χ0n) is 58.9. The summed E-state index contributed by atoms with van der Waals surface area (Å²) >= 11 is 0. The summed E-state index contributed by atoms with van der Waals surface area (Å²) in [5, 5.41) is 32.6. The molecule has 90 heavy (non-hydrogen) atoms. The minimum Gasteiger partial charge on any atom is -0.396 e. The van der Waals surface area contributed by atoms with E-state index < -0.39 is 161 Å². The molecule has 14 atom stereocenters. The smallest absolute Gasteiger partial charge is 0.246 e. The van der Waals surface area contributed by atoms with Crippen molar-refractivity contribution in [2.24, 2.45) is 35.5 Å². The van der Waals surface area contributed by atoms with Crippen molar-refractivity contribution in [3.8, 4) is 0 Å². The number of ether oxygens (including phenoxy) is 1. The minimum absolute atomic E-state index is 0.0207. The van der Waals surface area contributed by atoms with E-state index in [1.165, 1.54) is 89.7 Å². The third-order valence-corrected chi connectivity index (χ3v) is 17.2. The Labute approximate surface area is 537 Å². The van der Waals surface area contributed by atoms with Crippen molar-refractivity contribution in [1.29, 1.82) is 0 Å². The molecule has 0 saturated carbocycles. The van der Waals surface area contributed by atoms with Crippen molar-refractivity contribution in [2.45, 2.75) is 241 Å². The van der Waals surface area contributed by atoms with Crippen molar-refractivity contribution in [2.75, 3.05) is 62.5 Å². The van der Waals surface area contributed by atoms with E-state index in [4.69, 9.17) is 4.74 Å². The van der Waals surface area contributed by atoms with Gasteiger partial charge in [-0.3, -0.25) is 52.7 Å². The van der Waals surface area contributed by atoms with Gasteiger partial charge in [0.15, 0.2) is 0 Å². The second kappa shape index (κ2) is 38.0. The Kier molecular flexibility index (Phi) is 34.5. The van der Waals surface area contributed by atoms with Crippen LogP contribution in [0.15, 0.2) is 12.2 Å². The van der Waals surface area contributed by atoms with Crippen LogP contribution in [0.3, 0.4) is 0 Å². The van der Waals surface area contributed by atoms with Gasteiger partial charge in [0.1, 0.15) is 66.5 Å². The molecule has 1 heterocycles. The molecule has 6 N–H and O–H groups in total. The standard InChI is InChI=1S/C65H117N11O14/c1-25-27-30-41(13)54(78)53-58(82)68-46(26-2)61(85)70(18)44(16)60(84)75(23)52(45(17)90-32-29-28-31-77)57(81)69-50(39(9)10)64(88)71(19)47(33-36(3)4)56(80)66-42(14)55(79)67-43(15)59(83)72(20)48(34-37(5)6)62(86)73(21)49(35-38(7)8)63(87)74(22)51(40(11)12)65(89)76(53)24/h25,27,36-54,77-78H,26,28-35H2,1-24H3,(H,66,80)(H,67,79)(H,68,82)(H,69,81)/b27-25+/t41-,42+,43+,44-,45-,46+,47-,48+,49-,50+,51+,52+,53+,54-/m1/s1. The summed E-state index contributed by atoms with van der Waals surface area (Å²) in [7, 11) is 9.77. The number of amides is 11. The number of aliphatic hydroxyl groups is 2. The molecule has 0 spiro atoms. The zero-order chi connectivity index (χ0) is 69.7. The average molecular weight is 1280 g/mol. The minimum atomic E-state index is -1.65. The van der Waals surface area contributed by atoms with Gasteiger partial charge in [-0.25, -0.2) is 0 Å². The fourth-order valence-electron chi connectivity index (χ4n) is 11.3. The van der Waals surface area contributed by atoms with Crippen LogP contribution < -0.4 is 21.3 Å². The molecule has 0 aliphatic carbocycles. The highest BCUT2D eigenvalue weighted by atomic mass is 16.5. The number of hydrogen-bond acceptors (Lipinski definition) is 14. The molecule has 0 aromatic carbocycles. The summed E-state index contributed by atoms with van der Waals surface area (Å²) < 4.78 is 6.10. The molecule has 1 aliphatic rings. The van der Waals surface area contributed by atoms with E-state index in [1.54, 1.807) is 67.5 Å². The summed E-state index contributed by atoms with van der Waals surface area (Å²) in [4.78, 5) is 170. The number of carbonyl (C=O) groups excluding carboxylic acids is 11. The first-order chi connectivity index (χ1) is 41.7. The highest BCUT2D eigenvalue weighted by molar-refractivity contribution is 6.00. The topological polar surface area (TPSA) is 308 Å². The maximum atomic E-state index is 15.2. The molecule has 11 amide bonds. The number of unbranched alkanes of at least 4 members (excludes halogenated alkanes) is 1. The molecular weight excluding hydrogens is 1160 g/mol. The van der Waals surface area contributed by atoms with Crippen LogP contribution in [0.5, 0.6) is 0 Å². The molecule has 516 valence electrons. The van der Waals surface area contributed by atoms with Crippen LogP contribution in [0.25, 0.3) is 0 Å². The monoisotopic (exact) mass is 1280 g/mol. The highest BCUT2D eigenvalue weighted by Gasteiger charge is 2.46. The number of allylic oxidation sites excluding steroid dienone is 2. The van der Waals surface area contributed by atoms with Gasteiger partial charge in [-0.1, -0.05) is 95.2 Å². The van der Waals surface area contributed by atoms with E-state index in [2.05, 4.69) is 21.3 Å². The zero-order valence-corrected chi connectivity index (χ0v) is 58.9.